The lowest BCUT2D eigenvalue weighted by molar-refractivity contribution is 0.102. The summed E-state index contributed by atoms with van der Waals surface area (Å²) < 4.78 is 59.9. The molecule has 0 aliphatic carbocycles. The summed E-state index contributed by atoms with van der Waals surface area (Å²) in [6.07, 6.45) is 0.415. The van der Waals surface area contributed by atoms with E-state index in [1.807, 2.05) is 0 Å². The van der Waals surface area contributed by atoms with E-state index < -0.39 is 24.9 Å². The van der Waals surface area contributed by atoms with Crippen LogP contribution >= 0.6 is 0 Å². The summed E-state index contributed by atoms with van der Waals surface area (Å²) in [6, 6.07) is 23.5. The van der Waals surface area contributed by atoms with Crippen LogP contribution in [0.4, 0.5) is 17.1 Å². The van der Waals surface area contributed by atoms with Gasteiger partial charge in [0.1, 0.15) is 16.3 Å². The fraction of sp³-hybridized carbons (Fsp3) is 0.100. The van der Waals surface area contributed by atoms with E-state index in [-0.39, 0.29) is 44.5 Å². The first-order chi connectivity index (χ1) is 20.0. The summed E-state index contributed by atoms with van der Waals surface area (Å²) in [5.41, 5.74) is 0.508. The number of aromatic hydroxyl groups is 1. The van der Waals surface area contributed by atoms with E-state index in [9.17, 15) is 31.3 Å². The first-order valence-electron chi connectivity index (χ1n) is 12.8. The summed E-state index contributed by atoms with van der Waals surface area (Å²) in [6.45, 7) is 1.74. The number of sulfone groups is 1. The second-order valence-corrected chi connectivity index (χ2v) is 12.9. The SMILES string of the molecule is CCCS(=O)(=O)c1ccc2c(S(=O)(=O)O)c(/N=N/c3ccc4cccc(NC(=O)c5ccccc5)c4c3O)ccc2c1. The average Bonchev–Trinajstić information content (AvgIpc) is 2.96. The molecule has 42 heavy (non-hydrogen) atoms. The maximum atomic E-state index is 12.8. The van der Waals surface area contributed by atoms with Gasteiger partial charge in [-0.1, -0.05) is 55.5 Å². The molecule has 0 heterocycles. The molecule has 5 rings (SSSR count). The van der Waals surface area contributed by atoms with Crippen molar-refractivity contribution in [3.8, 4) is 5.75 Å². The fourth-order valence-corrected chi connectivity index (χ4v) is 6.82. The zero-order chi connectivity index (χ0) is 30.1. The van der Waals surface area contributed by atoms with Gasteiger partial charge in [-0.3, -0.25) is 9.35 Å². The Balaban J connectivity index is 1.57. The minimum Gasteiger partial charge on any atom is -0.505 e. The highest BCUT2D eigenvalue weighted by Crippen LogP contribution is 2.41. The van der Waals surface area contributed by atoms with E-state index >= 15 is 0 Å². The van der Waals surface area contributed by atoms with Gasteiger partial charge in [0.25, 0.3) is 16.0 Å². The number of hydrogen-bond acceptors (Lipinski definition) is 8. The maximum Gasteiger partial charge on any atom is 0.297 e. The van der Waals surface area contributed by atoms with Crippen LogP contribution in [0.2, 0.25) is 0 Å². The maximum absolute atomic E-state index is 12.8. The number of carbonyl (C=O) groups is 1. The van der Waals surface area contributed by atoms with Gasteiger partial charge in [-0.25, -0.2) is 8.42 Å². The van der Waals surface area contributed by atoms with Crippen molar-refractivity contribution >= 4 is 64.5 Å². The van der Waals surface area contributed by atoms with E-state index in [0.717, 1.165) is 0 Å². The Labute approximate surface area is 242 Å². The number of fused-ring (bicyclic) bond motifs is 2. The number of hydrogen-bond donors (Lipinski definition) is 3. The minimum atomic E-state index is -4.83. The van der Waals surface area contributed by atoms with Crippen LogP contribution in [0, 0.1) is 0 Å². The zero-order valence-electron chi connectivity index (χ0n) is 22.2. The molecule has 0 aliphatic heterocycles. The number of amides is 1. The molecule has 0 spiro atoms. The van der Waals surface area contributed by atoms with Crippen LogP contribution < -0.4 is 5.32 Å². The van der Waals surface area contributed by atoms with Gasteiger partial charge in [-0.15, -0.1) is 10.2 Å². The van der Waals surface area contributed by atoms with E-state index in [2.05, 4.69) is 15.5 Å². The monoisotopic (exact) mass is 603 g/mol. The van der Waals surface area contributed by atoms with Gasteiger partial charge >= 0.3 is 0 Å². The molecule has 0 aliphatic rings. The van der Waals surface area contributed by atoms with Crippen LogP contribution in [0.3, 0.4) is 0 Å². The predicted molar refractivity (Wildman–Crippen MR) is 160 cm³/mol. The van der Waals surface area contributed by atoms with Crippen molar-refractivity contribution in [1.82, 2.24) is 0 Å². The first kappa shape index (κ1) is 28.9. The molecule has 0 fully saturated rings. The van der Waals surface area contributed by atoms with Crippen LogP contribution in [-0.4, -0.2) is 38.2 Å². The number of rotatable bonds is 8. The second kappa shape index (κ2) is 11.3. The third-order valence-corrected chi connectivity index (χ3v) is 9.42. The molecule has 10 nitrogen and oxygen atoms in total. The molecule has 214 valence electrons. The molecule has 12 heteroatoms. The molecular weight excluding hydrogens is 578 g/mol. The smallest absolute Gasteiger partial charge is 0.297 e. The topological polar surface area (TPSA) is 163 Å². The Morgan fingerprint density at radius 2 is 1.50 bits per heavy atom. The van der Waals surface area contributed by atoms with Crippen LogP contribution in [0.1, 0.15) is 23.7 Å². The van der Waals surface area contributed by atoms with E-state index in [4.69, 9.17) is 0 Å². The Morgan fingerprint density at radius 1 is 0.810 bits per heavy atom. The van der Waals surface area contributed by atoms with Gasteiger partial charge in [-0.05, 0) is 59.7 Å². The lowest BCUT2D eigenvalue weighted by atomic mass is 10.1. The van der Waals surface area contributed by atoms with Crippen molar-refractivity contribution in [3.63, 3.8) is 0 Å². The zero-order valence-corrected chi connectivity index (χ0v) is 23.9. The van der Waals surface area contributed by atoms with Gasteiger partial charge in [0.05, 0.1) is 16.3 Å². The van der Waals surface area contributed by atoms with Crippen molar-refractivity contribution in [2.45, 2.75) is 23.1 Å². The minimum absolute atomic E-state index is 0.0219. The highest BCUT2D eigenvalue weighted by atomic mass is 32.2. The molecule has 0 atom stereocenters. The Hall–Kier alpha value is -4.65. The van der Waals surface area contributed by atoms with Gasteiger partial charge < -0.3 is 10.4 Å². The van der Waals surface area contributed by atoms with E-state index in [1.165, 1.54) is 36.4 Å². The highest BCUT2D eigenvalue weighted by Gasteiger charge is 2.22. The van der Waals surface area contributed by atoms with Crippen molar-refractivity contribution in [1.29, 1.82) is 0 Å². The third-order valence-electron chi connectivity index (χ3n) is 6.56. The summed E-state index contributed by atoms with van der Waals surface area (Å²) in [5, 5.41) is 23.2. The lowest BCUT2D eigenvalue weighted by Crippen LogP contribution is -2.11. The summed E-state index contributed by atoms with van der Waals surface area (Å²) >= 11 is 0. The average molecular weight is 604 g/mol. The van der Waals surface area contributed by atoms with E-state index in [0.29, 0.717) is 28.4 Å². The normalized spacial score (nSPS) is 12.2. The molecule has 0 bridgehead atoms. The largest absolute Gasteiger partial charge is 0.505 e. The summed E-state index contributed by atoms with van der Waals surface area (Å²) in [5.74, 6) is -0.752. The standard InChI is InChI=1S/C30H25N3O7S2/c1-2-17-41(36,37)22-13-14-23-21(18-22)12-16-26(29(23)42(38,39)40)33-32-25-15-11-19-9-6-10-24(27(19)28(25)34)31-30(35)20-7-4-3-5-8-20/h3-16,18,34H,2,17H2,1H3,(H,31,35)(H,38,39,40)/b33-32+. The number of phenolic OH excluding ortho intramolecular Hbond substituents is 1. The summed E-state index contributed by atoms with van der Waals surface area (Å²) in [7, 11) is -8.39. The molecule has 0 saturated heterocycles. The van der Waals surface area contributed by atoms with E-state index in [1.54, 1.807) is 61.5 Å². The molecule has 0 saturated carbocycles. The third kappa shape index (κ3) is 5.73. The number of phenols is 1. The Kier molecular flexibility index (Phi) is 7.78. The molecule has 0 unspecified atom stereocenters. The second-order valence-electron chi connectivity index (χ2n) is 9.45. The lowest BCUT2D eigenvalue weighted by Gasteiger charge is -2.12. The molecule has 0 aromatic heterocycles. The van der Waals surface area contributed by atoms with Crippen LogP contribution in [0.25, 0.3) is 21.5 Å². The Morgan fingerprint density at radius 3 is 2.21 bits per heavy atom. The molecular formula is C30H25N3O7S2. The number of nitrogens with zero attached hydrogens (tertiary/aromatic N) is 2. The van der Waals surface area contributed by atoms with Crippen molar-refractivity contribution < 1.29 is 31.3 Å². The Bertz CT molecular complexity index is 2100. The molecule has 3 N–H and O–H groups in total. The highest BCUT2D eigenvalue weighted by molar-refractivity contribution is 7.91. The fourth-order valence-electron chi connectivity index (χ4n) is 4.62. The first-order valence-corrected chi connectivity index (χ1v) is 15.9. The molecule has 5 aromatic rings. The van der Waals surface area contributed by atoms with Crippen molar-refractivity contribution in [2.75, 3.05) is 11.1 Å². The van der Waals surface area contributed by atoms with Gasteiger partial charge in [0, 0.05) is 16.3 Å². The molecule has 1 amide bonds. The van der Waals surface area contributed by atoms with Crippen LogP contribution in [0.15, 0.2) is 111 Å². The van der Waals surface area contributed by atoms with Crippen molar-refractivity contribution in [3.05, 3.63) is 96.6 Å². The summed E-state index contributed by atoms with van der Waals surface area (Å²) in [4.78, 5) is 12.2. The number of nitrogens with one attached hydrogen (secondary N) is 1. The van der Waals surface area contributed by atoms with Crippen LogP contribution in [-0.2, 0) is 20.0 Å². The number of azo groups is 1. The predicted octanol–water partition coefficient (Wildman–Crippen LogP) is 6.80. The molecule has 0 radical (unpaired) electrons. The van der Waals surface area contributed by atoms with Crippen molar-refractivity contribution in [2.24, 2.45) is 10.2 Å². The number of carbonyl (C=O) groups excluding carboxylic acids is 1. The number of anilines is 1. The number of benzene rings is 5. The quantitative estimate of drug-likeness (QED) is 0.130. The van der Waals surface area contributed by atoms with Crippen LogP contribution in [0.5, 0.6) is 5.75 Å². The van der Waals surface area contributed by atoms with Gasteiger partial charge in [-0.2, -0.15) is 8.42 Å². The molecule has 5 aromatic carbocycles. The van der Waals surface area contributed by atoms with Gasteiger partial charge in [0.15, 0.2) is 15.6 Å². The van der Waals surface area contributed by atoms with Gasteiger partial charge in [0.2, 0.25) is 0 Å².